The Kier molecular flexibility index (Phi) is 34.0. The Morgan fingerprint density at radius 2 is 0.606 bits per heavy atom. The van der Waals surface area contributed by atoms with Gasteiger partial charge in [-0.15, -0.1) is 0 Å². The van der Waals surface area contributed by atoms with Gasteiger partial charge in [-0.1, -0.05) is 63.7 Å². The van der Waals surface area contributed by atoms with E-state index in [1.807, 2.05) is 0 Å². The van der Waals surface area contributed by atoms with Gasteiger partial charge in [0, 0.05) is 0 Å². The van der Waals surface area contributed by atoms with Crippen LogP contribution in [0.4, 0.5) is 0 Å². The lowest BCUT2D eigenvalue weighted by atomic mass is 9.93. The van der Waals surface area contributed by atoms with Gasteiger partial charge in [0.2, 0.25) is 0 Å². The van der Waals surface area contributed by atoms with Gasteiger partial charge in [0.1, 0.15) is 19.3 Å². The maximum absolute atomic E-state index is 9.65. The van der Waals surface area contributed by atoms with Crippen molar-refractivity contribution in [2.24, 2.45) is 5.41 Å². The van der Waals surface area contributed by atoms with Crippen molar-refractivity contribution in [3.8, 4) is 0 Å². The number of carboxylic acids is 4. The van der Waals surface area contributed by atoms with Gasteiger partial charge >= 0.3 is 23.9 Å². The van der Waals surface area contributed by atoms with Crippen LogP contribution in [0.5, 0.6) is 0 Å². The molecular weight excluding hydrogens is 716 g/mol. The first-order valence-corrected chi connectivity index (χ1v) is 12.4. The molecule has 0 rings (SSSR count). The summed E-state index contributed by atoms with van der Waals surface area (Å²) in [6.07, 6.45) is 0. The van der Waals surface area contributed by atoms with Gasteiger partial charge in [0.15, 0.2) is 0 Å². The minimum absolute atomic E-state index is 0.406. The first kappa shape index (κ1) is 42.8. The van der Waals surface area contributed by atoms with E-state index < -0.39 is 75.0 Å². The van der Waals surface area contributed by atoms with Gasteiger partial charge in [0.25, 0.3) is 0 Å². The lowest BCUT2D eigenvalue weighted by molar-refractivity contribution is -0.136. The number of carboxylic acid groups (broad SMARTS) is 4. The molecule has 0 saturated carbocycles. The van der Waals surface area contributed by atoms with E-state index in [9.17, 15) is 19.2 Å². The quantitative estimate of drug-likeness (QED) is 0.165. The van der Waals surface area contributed by atoms with Gasteiger partial charge in [0.05, 0.1) is 31.8 Å². The molecule has 0 amide bonds. The molecule has 0 aromatic heterocycles. The Morgan fingerprint density at radius 1 is 0.515 bits per heavy atom. The highest BCUT2D eigenvalue weighted by molar-refractivity contribution is 9.10. The molecule has 16 heteroatoms. The van der Waals surface area contributed by atoms with Crippen LogP contribution in [0.25, 0.3) is 0 Å². The second-order valence-electron chi connectivity index (χ2n) is 5.95. The number of halogens is 4. The average Bonchev–Trinajstić information content (AvgIpc) is 2.71. The van der Waals surface area contributed by atoms with E-state index in [4.69, 9.17) is 40.9 Å². The molecule has 4 atom stereocenters. The van der Waals surface area contributed by atoms with E-state index in [1.54, 1.807) is 27.7 Å². The number of aliphatic hydroxyl groups is 4. The number of aliphatic hydroxyl groups excluding tert-OH is 4. The molecule has 200 valence electrons. The van der Waals surface area contributed by atoms with Gasteiger partial charge in [-0.25, -0.2) is 0 Å². The van der Waals surface area contributed by atoms with Crippen LogP contribution < -0.4 is 0 Å². The van der Waals surface area contributed by atoms with Gasteiger partial charge in [-0.05, 0) is 27.7 Å². The zero-order valence-electron chi connectivity index (χ0n) is 18.4. The summed E-state index contributed by atoms with van der Waals surface area (Å²) in [4.78, 5) is 36.9. The van der Waals surface area contributed by atoms with Crippen molar-refractivity contribution in [3.63, 3.8) is 0 Å². The summed E-state index contributed by atoms with van der Waals surface area (Å²) in [5.41, 5.74) is -1.11. The zero-order valence-corrected chi connectivity index (χ0v) is 24.7. The highest BCUT2D eigenvalue weighted by Crippen LogP contribution is 2.11. The third-order valence-electron chi connectivity index (χ3n) is 2.70. The largest absolute Gasteiger partial charge is 0.480 e. The number of alkyl halides is 4. The standard InChI is InChI=1S/C5H12O4.4C3H5BrO2/c6-1-5(2-7,3-8)4-9;4*1-2(4)3(5)6/h6-9H,1-4H2;4*2H,1H3,(H,5,6). The molecule has 0 aliphatic heterocycles. The SMILES string of the molecule is CC(Br)C(=O)O.CC(Br)C(=O)O.CC(Br)C(=O)O.CC(Br)C(=O)O.OCC(CO)(CO)CO. The maximum atomic E-state index is 9.65. The van der Waals surface area contributed by atoms with Crippen molar-refractivity contribution in [1.82, 2.24) is 0 Å². The van der Waals surface area contributed by atoms with Crippen LogP contribution in [0.15, 0.2) is 0 Å². The van der Waals surface area contributed by atoms with Gasteiger partial charge in [-0.2, -0.15) is 0 Å². The minimum Gasteiger partial charge on any atom is -0.480 e. The predicted octanol–water partition coefficient (Wildman–Crippen LogP) is 1.36. The molecule has 0 radical (unpaired) electrons. The summed E-state index contributed by atoms with van der Waals surface area (Å²) in [7, 11) is 0. The van der Waals surface area contributed by atoms with E-state index >= 15 is 0 Å². The number of hydrogen-bond donors (Lipinski definition) is 8. The lowest BCUT2D eigenvalue weighted by Crippen LogP contribution is -2.37. The van der Waals surface area contributed by atoms with E-state index in [1.165, 1.54) is 0 Å². The predicted molar refractivity (Wildman–Crippen MR) is 135 cm³/mol. The molecule has 0 aromatic rings. The zero-order chi connectivity index (χ0) is 27.9. The van der Waals surface area contributed by atoms with Crippen molar-refractivity contribution in [3.05, 3.63) is 0 Å². The fraction of sp³-hybridized carbons (Fsp3) is 0.765. The summed E-state index contributed by atoms with van der Waals surface area (Å²) in [6.45, 7) is 4.61. The molecule has 0 aliphatic carbocycles. The van der Waals surface area contributed by atoms with Gasteiger partial charge < -0.3 is 40.9 Å². The molecule has 0 spiro atoms. The smallest absolute Gasteiger partial charge is 0.316 e. The van der Waals surface area contributed by atoms with E-state index in [0.717, 1.165) is 0 Å². The highest BCUT2D eigenvalue weighted by atomic mass is 79.9. The van der Waals surface area contributed by atoms with Crippen molar-refractivity contribution < 1.29 is 60.0 Å². The van der Waals surface area contributed by atoms with E-state index in [0.29, 0.717) is 0 Å². The van der Waals surface area contributed by atoms with Crippen LogP contribution in [0.1, 0.15) is 27.7 Å². The van der Waals surface area contributed by atoms with Crippen LogP contribution in [-0.2, 0) is 19.2 Å². The Hall–Kier alpha value is -0.360. The molecule has 0 fully saturated rings. The fourth-order valence-corrected chi connectivity index (χ4v) is 0.300. The Bertz CT molecular complexity index is 435. The van der Waals surface area contributed by atoms with Crippen LogP contribution >= 0.6 is 63.7 Å². The minimum atomic E-state index is -1.11. The molecule has 12 nitrogen and oxygen atoms in total. The van der Waals surface area contributed by atoms with Crippen LogP contribution in [-0.4, -0.2) is 110 Å². The molecule has 0 aromatic carbocycles. The summed E-state index contributed by atoms with van der Waals surface area (Å²) < 4.78 is 0. The first-order chi connectivity index (χ1) is 14.8. The molecule has 8 N–H and O–H groups in total. The third-order valence-corrected chi connectivity index (χ3v) is 4.27. The lowest BCUT2D eigenvalue weighted by Gasteiger charge is -2.23. The monoisotopic (exact) mass is 744 g/mol. The molecule has 0 bridgehead atoms. The first-order valence-electron chi connectivity index (χ1n) is 8.73. The van der Waals surface area contributed by atoms with Gasteiger partial charge in [-0.3, -0.25) is 19.2 Å². The van der Waals surface area contributed by atoms with Crippen molar-refractivity contribution in [2.75, 3.05) is 26.4 Å². The molecular formula is C17H32Br4O12. The molecule has 33 heavy (non-hydrogen) atoms. The number of carbonyl (C=O) groups is 4. The van der Waals surface area contributed by atoms with Crippen molar-refractivity contribution >= 4 is 87.6 Å². The average molecular weight is 748 g/mol. The van der Waals surface area contributed by atoms with E-state index in [-0.39, 0.29) is 0 Å². The molecule has 0 heterocycles. The van der Waals surface area contributed by atoms with Crippen molar-refractivity contribution in [2.45, 2.75) is 47.0 Å². The second-order valence-corrected chi connectivity index (χ2v) is 11.4. The number of rotatable bonds is 8. The summed E-state index contributed by atoms with van der Waals surface area (Å²) in [5, 5.41) is 65.8. The third kappa shape index (κ3) is 36.4. The van der Waals surface area contributed by atoms with Crippen LogP contribution in [0.3, 0.4) is 0 Å². The Labute approximate surface area is 225 Å². The van der Waals surface area contributed by atoms with Crippen LogP contribution in [0, 0.1) is 5.41 Å². The fourth-order valence-electron chi connectivity index (χ4n) is 0.300. The molecule has 4 unspecified atom stereocenters. The van der Waals surface area contributed by atoms with Crippen LogP contribution in [0.2, 0.25) is 0 Å². The Morgan fingerprint density at radius 3 is 0.606 bits per heavy atom. The normalized spacial score (nSPS) is 13.2. The summed E-state index contributed by atoms with van der Waals surface area (Å²) in [6, 6.07) is 0. The maximum Gasteiger partial charge on any atom is 0.316 e. The molecule has 0 aliphatic rings. The van der Waals surface area contributed by atoms with Crippen molar-refractivity contribution in [1.29, 1.82) is 0 Å². The Balaban J connectivity index is -0.000000100. The second kappa shape index (κ2) is 26.2. The number of hydrogen-bond acceptors (Lipinski definition) is 8. The summed E-state index contributed by atoms with van der Waals surface area (Å²) >= 11 is 11.4. The van der Waals surface area contributed by atoms with E-state index in [2.05, 4.69) is 63.7 Å². The molecule has 0 saturated heterocycles. The number of aliphatic carboxylic acids is 4. The highest BCUT2D eigenvalue weighted by Gasteiger charge is 2.26. The summed E-state index contributed by atoms with van der Waals surface area (Å²) in [5.74, 6) is -3.30. The topological polar surface area (TPSA) is 230 Å².